The lowest BCUT2D eigenvalue weighted by Gasteiger charge is -2.01. The Morgan fingerprint density at radius 1 is 1.25 bits per heavy atom. The molecule has 3 heteroatoms. The van der Waals surface area contributed by atoms with E-state index in [1.165, 1.54) is 6.92 Å². The Labute approximate surface area is 94.4 Å². The molecule has 1 N–H and O–H groups in total. The van der Waals surface area contributed by atoms with Gasteiger partial charge in [-0.3, -0.25) is 0 Å². The van der Waals surface area contributed by atoms with Crippen LogP contribution >= 0.6 is 0 Å². The van der Waals surface area contributed by atoms with E-state index in [1.807, 2.05) is 6.07 Å². The summed E-state index contributed by atoms with van der Waals surface area (Å²) in [6.07, 6.45) is 2.44. The summed E-state index contributed by atoms with van der Waals surface area (Å²) in [5.41, 5.74) is 0.917. The first kappa shape index (κ1) is 12.2. The zero-order valence-corrected chi connectivity index (χ0v) is 9.14. The highest BCUT2D eigenvalue weighted by atomic mass is 16.4. The minimum Gasteiger partial charge on any atom is -0.478 e. The lowest BCUT2D eigenvalue weighted by atomic mass is 10.0. The van der Waals surface area contributed by atoms with Crippen molar-refractivity contribution < 1.29 is 14.7 Å². The van der Waals surface area contributed by atoms with Crippen LogP contribution in [0.4, 0.5) is 0 Å². The first-order valence-corrected chi connectivity index (χ1v) is 5.09. The zero-order chi connectivity index (χ0) is 12.0. The molecule has 1 rings (SSSR count). The summed E-state index contributed by atoms with van der Waals surface area (Å²) in [5, 5.41) is 9.04. The number of rotatable bonds is 5. The predicted molar refractivity (Wildman–Crippen MR) is 62.0 cm³/mol. The number of aliphatic carboxylic acids is 1. The molecule has 16 heavy (non-hydrogen) atoms. The Morgan fingerprint density at radius 2 is 1.88 bits per heavy atom. The van der Waals surface area contributed by atoms with Gasteiger partial charge in [0.25, 0.3) is 0 Å². The van der Waals surface area contributed by atoms with Crippen molar-refractivity contribution in [2.45, 2.75) is 19.8 Å². The van der Waals surface area contributed by atoms with Crippen LogP contribution in [0.5, 0.6) is 0 Å². The summed E-state index contributed by atoms with van der Waals surface area (Å²) >= 11 is 0. The van der Waals surface area contributed by atoms with Crippen molar-refractivity contribution in [3.63, 3.8) is 0 Å². The summed E-state index contributed by atoms with van der Waals surface area (Å²) in [5.74, 6) is -0.899. The van der Waals surface area contributed by atoms with Crippen LogP contribution < -0.4 is 0 Å². The van der Waals surface area contributed by atoms with Crippen molar-refractivity contribution in [1.29, 1.82) is 0 Å². The topological polar surface area (TPSA) is 54.4 Å². The fourth-order valence-corrected chi connectivity index (χ4v) is 1.37. The van der Waals surface area contributed by atoms with E-state index >= 15 is 0 Å². The molecule has 0 amide bonds. The molecule has 0 spiro atoms. The molecule has 0 heterocycles. The van der Waals surface area contributed by atoms with Crippen LogP contribution in [0.3, 0.4) is 0 Å². The van der Waals surface area contributed by atoms with Crippen LogP contribution in [0, 0.1) is 0 Å². The number of carboxylic acids is 1. The molecule has 0 saturated heterocycles. The van der Waals surface area contributed by atoms with E-state index in [2.05, 4.69) is 0 Å². The van der Waals surface area contributed by atoms with Gasteiger partial charge in [-0.25, -0.2) is 4.79 Å². The molecule has 0 unspecified atom stereocenters. The van der Waals surface area contributed by atoms with Crippen LogP contribution in [0.1, 0.15) is 25.3 Å². The number of benzene rings is 1. The van der Waals surface area contributed by atoms with Crippen molar-refractivity contribution in [3.8, 4) is 0 Å². The molecular weight excluding hydrogens is 204 g/mol. The van der Waals surface area contributed by atoms with Crippen molar-refractivity contribution >= 4 is 17.3 Å². The van der Waals surface area contributed by atoms with Gasteiger partial charge in [-0.15, -0.1) is 0 Å². The molecule has 0 atom stereocenters. The number of carboxylic acid groups (broad SMARTS) is 1. The maximum atomic E-state index is 11.0. The normalized spacial score (nSPS) is 11.2. The first-order valence-electron chi connectivity index (χ1n) is 5.09. The van der Waals surface area contributed by atoms with E-state index in [-0.39, 0.29) is 11.4 Å². The molecule has 0 aliphatic heterocycles. The van der Waals surface area contributed by atoms with Gasteiger partial charge >= 0.3 is 5.97 Å². The number of hydrogen-bond donors (Lipinski definition) is 1. The lowest BCUT2D eigenvalue weighted by molar-refractivity contribution is -0.130. The fraction of sp³-hybridized carbons (Fsp3) is 0.231. The monoisotopic (exact) mass is 218 g/mol. The average Bonchev–Trinajstić information content (AvgIpc) is 2.25. The van der Waals surface area contributed by atoms with Gasteiger partial charge in [-0.05, 0) is 18.9 Å². The summed E-state index contributed by atoms with van der Waals surface area (Å²) in [7, 11) is 0. The van der Waals surface area contributed by atoms with E-state index in [1.54, 1.807) is 30.3 Å². The van der Waals surface area contributed by atoms with E-state index in [0.29, 0.717) is 18.4 Å². The molecule has 0 radical (unpaired) electrons. The van der Waals surface area contributed by atoms with Crippen LogP contribution in [0.25, 0.3) is 5.57 Å². The van der Waals surface area contributed by atoms with Crippen molar-refractivity contribution in [2.75, 3.05) is 0 Å². The quantitative estimate of drug-likeness (QED) is 0.772. The van der Waals surface area contributed by atoms with E-state index in [0.717, 1.165) is 0 Å². The maximum absolute atomic E-state index is 11.0. The smallest absolute Gasteiger partial charge is 0.335 e. The number of carbonyl (C=O) groups excluding carboxylic acids is 1. The number of ketones is 1. The van der Waals surface area contributed by atoms with E-state index < -0.39 is 5.97 Å². The highest BCUT2D eigenvalue weighted by Crippen LogP contribution is 2.15. The van der Waals surface area contributed by atoms with Crippen molar-refractivity contribution in [1.82, 2.24) is 0 Å². The number of carbonyl (C=O) groups is 2. The summed E-state index contributed by atoms with van der Waals surface area (Å²) in [4.78, 5) is 21.8. The molecule has 0 saturated carbocycles. The second-order valence-corrected chi connectivity index (χ2v) is 3.53. The average molecular weight is 218 g/mol. The molecule has 0 fully saturated rings. The summed E-state index contributed by atoms with van der Waals surface area (Å²) in [6, 6.07) is 8.90. The molecule has 1 aromatic carbocycles. The molecule has 1 aromatic rings. The van der Waals surface area contributed by atoms with E-state index in [4.69, 9.17) is 5.11 Å². The standard InChI is InChI=1S/C13H14O3/c1-10(14)6-5-9-12(13(15)16)11-7-3-2-4-8-11/h2-4,7-9H,5-6H2,1H3,(H,15,16). The fourth-order valence-electron chi connectivity index (χ4n) is 1.37. The summed E-state index contributed by atoms with van der Waals surface area (Å²) in [6.45, 7) is 1.50. The Kier molecular flexibility index (Phi) is 4.45. The molecule has 84 valence electrons. The Hall–Kier alpha value is -1.90. The SMILES string of the molecule is CC(=O)CCC=C(C(=O)O)c1ccccc1. The third-order valence-corrected chi connectivity index (χ3v) is 2.16. The van der Waals surface area contributed by atoms with Crippen LogP contribution in [-0.4, -0.2) is 16.9 Å². The Bertz CT molecular complexity index is 404. The van der Waals surface area contributed by atoms with Gasteiger partial charge in [-0.1, -0.05) is 36.4 Å². The number of Topliss-reactive ketones (excluding diaryl/α,β-unsaturated/α-hetero) is 1. The van der Waals surface area contributed by atoms with Crippen LogP contribution in [0.15, 0.2) is 36.4 Å². The minimum atomic E-state index is -0.963. The predicted octanol–water partition coefficient (Wildman–Crippen LogP) is 2.52. The number of hydrogen-bond acceptors (Lipinski definition) is 2. The summed E-state index contributed by atoms with van der Waals surface area (Å²) < 4.78 is 0. The minimum absolute atomic E-state index is 0.0639. The molecule has 0 aromatic heterocycles. The first-order chi connectivity index (χ1) is 7.61. The van der Waals surface area contributed by atoms with Crippen LogP contribution in [0.2, 0.25) is 0 Å². The van der Waals surface area contributed by atoms with Crippen LogP contribution in [-0.2, 0) is 9.59 Å². The van der Waals surface area contributed by atoms with E-state index in [9.17, 15) is 9.59 Å². The Balaban J connectivity index is 2.84. The van der Waals surface area contributed by atoms with Crippen molar-refractivity contribution in [3.05, 3.63) is 42.0 Å². The highest BCUT2D eigenvalue weighted by Gasteiger charge is 2.08. The van der Waals surface area contributed by atoms with Gasteiger partial charge in [-0.2, -0.15) is 0 Å². The van der Waals surface area contributed by atoms with Gasteiger partial charge in [0.05, 0.1) is 5.57 Å². The molecule has 0 aliphatic rings. The van der Waals surface area contributed by atoms with Gasteiger partial charge in [0.2, 0.25) is 0 Å². The molecular formula is C13H14O3. The molecule has 3 nitrogen and oxygen atoms in total. The lowest BCUT2D eigenvalue weighted by Crippen LogP contribution is -2.00. The molecule has 0 bridgehead atoms. The van der Waals surface area contributed by atoms with Gasteiger partial charge < -0.3 is 9.90 Å². The van der Waals surface area contributed by atoms with Gasteiger partial charge in [0, 0.05) is 6.42 Å². The Morgan fingerprint density at radius 3 is 2.38 bits per heavy atom. The largest absolute Gasteiger partial charge is 0.478 e. The molecule has 0 aliphatic carbocycles. The second kappa shape index (κ2) is 5.85. The van der Waals surface area contributed by atoms with Gasteiger partial charge in [0.1, 0.15) is 5.78 Å². The van der Waals surface area contributed by atoms with Gasteiger partial charge in [0.15, 0.2) is 0 Å². The van der Waals surface area contributed by atoms with Crippen molar-refractivity contribution in [2.24, 2.45) is 0 Å². The maximum Gasteiger partial charge on any atom is 0.335 e. The third kappa shape index (κ3) is 3.69. The third-order valence-electron chi connectivity index (χ3n) is 2.16. The highest BCUT2D eigenvalue weighted by molar-refractivity contribution is 6.15. The zero-order valence-electron chi connectivity index (χ0n) is 9.14. The second-order valence-electron chi connectivity index (χ2n) is 3.53. The number of allylic oxidation sites excluding steroid dienone is 1.